The summed E-state index contributed by atoms with van der Waals surface area (Å²) in [5, 5.41) is 34.4. The van der Waals surface area contributed by atoms with Gasteiger partial charge in [0.1, 0.15) is 30.3 Å². The maximum absolute atomic E-state index is 14.5. The molecule has 14 nitrogen and oxygen atoms in total. The van der Waals surface area contributed by atoms with Crippen molar-refractivity contribution in [1.82, 2.24) is 4.90 Å². The van der Waals surface area contributed by atoms with Crippen LogP contribution < -0.4 is 0 Å². The zero-order chi connectivity index (χ0) is 43.8. The van der Waals surface area contributed by atoms with Crippen molar-refractivity contribution in [1.29, 1.82) is 0 Å². The Kier molecular flexibility index (Phi) is 18.1. The molecular formula is C45H71NO13. The first kappa shape index (κ1) is 48.8. The largest absolute Gasteiger partial charge is 0.456 e. The Morgan fingerprint density at radius 1 is 0.898 bits per heavy atom. The van der Waals surface area contributed by atoms with Crippen molar-refractivity contribution in [3.63, 3.8) is 0 Å². The molecule has 4 aliphatic rings. The molecule has 4 rings (SSSR count). The summed E-state index contributed by atoms with van der Waals surface area (Å²) in [6.07, 6.45) is 3.11. The Hall–Kier alpha value is -2.82. The van der Waals surface area contributed by atoms with Crippen molar-refractivity contribution < 1.29 is 62.9 Å². The summed E-state index contributed by atoms with van der Waals surface area (Å²) in [7, 11) is 5.96. The summed E-state index contributed by atoms with van der Waals surface area (Å²) in [5.74, 6) is -8.25. The molecular weight excluding hydrogens is 762 g/mol. The number of allylic oxidation sites excluding steroid dienone is 4. The summed E-state index contributed by atoms with van der Waals surface area (Å²) in [5.41, 5.74) is 1.57. The molecule has 0 radical (unpaired) electrons. The van der Waals surface area contributed by atoms with Crippen LogP contribution in [0.2, 0.25) is 0 Å². The Labute approximate surface area is 350 Å². The van der Waals surface area contributed by atoms with Crippen molar-refractivity contribution in [3.05, 3.63) is 36.0 Å². The van der Waals surface area contributed by atoms with Crippen LogP contribution >= 0.6 is 0 Å². The number of methoxy groups -OCH3 is 4. The number of piperidine rings is 1. The Bertz CT molecular complexity index is 1530. The Morgan fingerprint density at radius 3 is 2.19 bits per heavy atom. The van der Waals surface area contributed by atoms with Crippen LogP contribution in [0.15, 0.2) is 36.0 Å². The molecule has 14 heteroatoms. The van der Waals surface area contributed by atoms with Gasteiger partial charge in [0, 0.05) is 52.6 Å². The van der Waals surface area contributed by atoms with Crippen LogP contribution in [0.4, 0.5) is 0 Å². The molecule has 2 saturated heterocycles. The van der Waals surface area contributed by atoms with Crippen LogP contribution in [-0.4, -0.2) is 133 Å². The van der Waals surface area contributed by atoms with E-state index in [9.17, 15) is 34.5 Å². The lowest BCUT2D eigenvalue weighted by Gasteiger charge is -2.47. The number of Topliss-reactive ketones (excluding diaryl/α,β-unsaturated/α-hetero) is 2. The van der Waals surface area contributed by atoms with Gasteiger partial charge in [-0.3, -0.25) is 19.3 Å². The molecule has 3 heterocycles. The first-order valence-corrected chi connectivity index (χ1v) is 21.4. The molecule has 3 N–H and O–H groups in total. The van der Waals surface area contributed by atoms with E-state index in [4.69, 9.17) is 28.4 Å². The number of esters is 1. The number of carbonyl (C=O) groups excluding carboxylic acids is 4. The molecule has 0 aromatic carbocycles. The van der Waals surface area contributed by atoms with Gasteiger partial charge >= 0.3 is 5.97 Å². The highest BCUT2D eigenvalue weighted by molar-refractivity contribution is 6.39. The van der Waals surface area contributed by atoms with Crippen LogP contribution in [0.3, 0.4) is 0 Å². The number of cyclic esters (lactones) is 1. The van der Waals surface area contributed by atoms with Crippen LogP contribution in [0.5, 0.6) is 0 Å². The number of carbonyl (C=O) groups is 4. The van der Waals surface area contributed by atoms with Gasteiger partial charge in [-0.25, -0.2) is 4.79 Å². The third kappa shape index (κ3) is 11.6. The first-order chi connectivity index (χ1) is 27.9. The lowest BCUT2D eigenvalue weighted by Crippen LogP contribution is -2.65. The molecule has 59 heavy (non-hydrogen) atoms. The zero-order valence-electron chi connectivity index (χ0n) is 36.7. The predicted molar refractivity (Wildman–Crippen MR) is 219 cm³/mol. The van der Waals surface area contributed by atoms with Gasteiger partial charge < -0.3 is 43.7 Å². The molecule has 2 bridgehead atoms. The van der Waals surface area contributed by atoms with E-state index in [2.05, 4.69) is 6.58 Å². The molecule has 1 aliphatic carbocycles. The molecule has 0 aromatic heterocycles. The topological polar surface area (TPSA) is 188 Å². The quantitative estimate of drug-likeness (QED) is 0.175. The number of ether oxygens (including phenoxy) is 6. The fraction of sp³-hybridized carbons (Fsp3) is 0.778. The lowest BCUT2D eigenvalue weighted by molar-refractivity contribution is -0.303. The highest BCUT2D eigenvalue weighted by atomic mass is 16.7. The monoisotopic (exact) mass is 833 g/mol. The van der Waals surface area contributed by atoms with Gasteiger partial charge in [-0.05, 0) is 95.5 Å². The second-order valence-electron chi connectivity index (χ2n) is 17.6. The number of aliphatic hydroxyl groups excluding tert-OH is 2. The van der Waals surface area contributed by atoms with Crippen molar-refractivity contribution in [3.8, 4) is 0 Å². The van der Waals surface area contributed by atoms with E-state index < -0.39 is 90.1 Å². The first-order valence-electron chi connectivity index (χ1n) is 21.4. The second kappa shape index (κ2) is 21.8. The molecule has 0 aromatic rings. The minimum absolute atomic E-state index is 0.0110. The molecule has 1 amide bonds. The van der Waals surface area contributed by atoms with E-state index in [0.29, 0.717) is 56.9 Å². The van der Waals surface area contributed by atoms with E-state index >= 15 is 0 Å². The van der Waals surface area contributed by atoms with Crippen molar-refractivity contribution in [2.75, 3.05) is 28.4 Å². The number of fused-ring (bicyclic) bond motifs is 3. The summed E-state index contributed by atoms with van der Waals surface area (Å²) in [6, 6.07) is -1.29. The summed E-state index contributed by atoms with van der Waals surface area (Å²) < 4.78 is 35.5. The van der Waals surface area contributed by atoms with Gasteiger partial charge in [-0.15, -0.1) is 6.58 Å². The molecule has 15 atom stereocenters. The van der Waals surface area contributed by atoms with Gasteiger partial charge in [0.05, 0.1) is 30.5 Å². The molecule has 1 saturated carbocycles. The predicted octanol–water partition coefficient (Wildman–Crippen LogP) is 4.61. The Morgan fingerprint density at radius 2 is 1.56 bits per heavy atom. The third-order valence-electron chi connectivity index (χ3n) is 13.2. The average molecular weight is 834 g/mol. The van der Waals surface area contributed by atoms with E-state index in [-0.39, 0.29) is 43.0 Å². The fourth-order valence-electron chi connectivity index (χ4n) is 9.69. The molecule has 3 aliphatic heterocycles. The minimum Gasteiger partial charge on any atom is -0.456 e. The van der Waals surface area contributed by atoms with Gasteiger partial charge in [-0.2, -0.15) is 0 Å². The van der Waals surface area contributed by atoms with Gasteiger partial charge in [0.15, 0.2) is 0 Å². The summed E-state index contributed by atoms with van der Waals surface area (Å²) >= 11 is 0. The second-order valence-corrected chi connectivity index (χ2v) is 17.6. The molecule has 0 unspecified atom stereocenters. The summed E-state index contributed by atoms with van der Waals surface area (Å²) in [6.45, 7) is 13.0. The van der Waals surface area contributed by atoms with Crippen molar-refractivity contribution in [2.24, 2.45) is 29.6 Å². The van der Waals surface area contributed by atoms with Crippen molar-refractivity contribution >= 4 is 23.4 Å². The van der Waals surface area contributed by atoms with E-state index in [1.807, 2.05) is 26.0 Å². The third-order valence-corrected chi connectivity index (χ3v) is 13.2. The summed E-state index contributed by atoms with van der Waals surface area (Å²) in [4.78, 5) is 58.4. The van der Waals surface area contributed by atoms with Gasteiger partial charge in [0.2, 0.25) is 5.79 Å². The van der Waals surface area contributed by atoms with Crippen molar-refractivity contribution in [2.45, 2.75) is 166 Å². The minimum atomic E-state index is -2.58. The standard InChI is InChI=1S/C45H71NO13/c1-11-13-31-19-25(2)18-26(3)20-37(55-8)41-38(56-9)22-28(5)45(53,59-41)42(50)43(51)46-32(14-12-15-39(46)57-10)44(52)58-40(29(6)34(48)24-35(31)49)27(4)21-30-16-17-33(47)36(23-30)54-7/h11,19,21,26,28-34,36-41,47-48,53H,1,12-18,20,22-24H2,2-10H3/b25-19+,27-21+/t26-,28+,29+,30-,31+,32-,33+,34-,36+,37-,38-,39-,40+,41+,45+/m0/s1. The number of rotatable bonds is 8. The van der Waals surface area contributed by atoms with Crippen LogP contribution in [0.1, 0.15) is 105 Å². The number of nitrogens with zero attached hydrogens (tertiary/aromatic N) is 1. The number of hydrogen-bond acceptors (Lipinski definition) is 13. The number of ketones is 2. The van der Waals surface area contributed by atoms with E-state index in [1.54, 1.807) is 34.0 Å². The molecule has 0 spiro atoms. The lowest BCUT2D eigenvalue weighted by atomic mass is 9.81. The number of amides is 1. The van der Waals surface area contributed by atoms with E-state index in [0.717, 1.165) is 10.5 Å². The van der Waals surface area contributed by atoms with Gasteiger partial charge in [-0.1, -0.05) is 44.6 Å². The Balaban J connectivity index is 1.82. The maximum Gasteiger partial charge on any atom is 0.329 e. The van der Waals surface area contributed by atoms with Crippen LogP contribution in [0.25, 0.3) is 0 Å². The maximum atomic E-state index is 14.5. The number of aliphatic hydroxyl groups is 3. The zero-order valence-corrected chi connectivity index (χ0v) is 36.7. The fourth-order valence-corrected chi connectivity index (χ4v) is 9.69. The van der Waals surface area contributed by atoms with E-state index in [1.165, 1.54) is 21.3 Å². The highest BCUT2D eigenvalue weighted by Gasteiger charge is 2.57. The number of hydrogen-bond donors (Lipinski definition) is 3. The smallest absolute Gasteiger partial charge is 0.329 e. The normalized spacial score (nSPS) is 41.3. The highest BCUT2D eigenvalue weighted by Crippen LogP contribution is 2.40. The molecule has 334 valence electrons. The molecule has 3 fully saturated rings. The average Bonchev–Trinajstić information content (AvgIpc) is 3.21. The van der Waals surface area contributed by atoms with Crippen LogP contribution in [-0.2, 0) is 47.6 Å². The van der Waals surface area contributed by atoms with Crippen LogP contribution in [0, 0.1) is 29.6 Å². The SMILES string of the molecule is C=CC[C@@H]1/C=C(\C)C[C@H](C)C[C@H](OC)[C@H]2O[C@@](O)(C(=O)C(=O)N3[C@@H](OC)CCC[C@H]3C(=O)O[C@H](/C(C)=C/[C@@H]3CC[C@@H](O)[C@H](OC)C3)[C@H](C)[C@@H](O)CC1=O)[C@H](C)C[C@@H]2OC. The van der Waals surface area contributed by atoms with Gasteiger partial charge in [0.25, 0.3) is 11.7 Å².